The second kappa shape index (κ2) is 57.7. The number of hydrogen-bond donors (Lipinski definition) is 0. The number of esters is 3. The summed E-state index contributed by atoms with van der Waals surface area (Å²) < 4.78 is 16.9. The number of rotatable bonds is 54. The van der Waals surface area contributed by atoms with E-state index < -0.39 is 6.10 Å². The van der Waals surface area contributed by atoms with E-state index in [9.17, 15) is 14.4 Å². The van der Waals surface area contributed by atoms with Crippen molar-refractivity contribution in [1.29, 1.82) is 0 Å². The number of unbranched alkanes of at least 4 members (excludes halogenated alkanes) is 33. The van der Waals surface area contributed by atoms with E-state index in [0.29, 0.717) is 19.3 Å². The van der Waals surface area contributed by atoms with E-state index in [0.717, 1.165) is 96.3 Å². The van der Waals surface area contributed by atoms with Crippen LogP contribution in [0, 0.1) is 0 Å². The van der Waals surface area contributed by atoms with E-state index in [1.165, 1.54) is 167 Å². The third kappa shape index (κ3) is 55.9. The van der Waals surface area contributed by atoms with Crippen LogP contribution in [0.5, 0.6) is 0 Å². The maximum Gasteiger partial charge on any atom is 0.306 e. The van der Waals surface area contributed by atoms with E-state index in [1.54, 1.807) is 0 Å². The minimum Gasteiger partial charge on any atom is -0.462 e. The largest absolute Gasteiger partial charge is 0.462 e. The lowest BCUT2D eigenvalue weighted by Gasteiger charge is -2.18. The van der Waals surface area contributed by atoms with Crippen LogP contribution < -0.4 is 0 Å². The minimum absolute atomic E-state index is 0.0734. The van der Waals surface area contributed by atoms with Crippen molar-refractivity contribution in [1.82, 2.24) is 0 Å². The fraction of sp³-hybridized carbons (Fsp3) is 0.794. The van der Waals surface area contributed by atoms with Gasteiger partial charge in [-0.2, -0.15) is 0 Å². The first-order valence-electron chi connectivity index (χ1n) is 29.8. The normalized spacial score (nSPS) is 12.4. The van der Waals surface area contributed by atoms with Gasteiger partial charge in [0.25, 0.3) is 0 Å². The standard InChI is InChI=1S/C63H112O6/c1-4-7-10-13-16-19-22-24-26-28-29-30-31-32-33-35-36-38-41-44-47-50-53-56-62(65)68-59-60(58-67-61(64)55-52-49-46-43-40-21-18-15-12-9-6-3)69-63(66)57-54-51-48-45-42-39-37-34-27-25-23-20-17-14-11-8-5-2/h7,10,16,19,24,26,29-30,32-33,60H,4-6,8-9,11-15,17-18,20-23,25,27-28,31,34-59H2,1-3H3/b10-7-,19-16-,26-24-,30-29-,33-32-. The third-order valence-electron chi connectivity index (χ3n) is 13.0. The van der Waals surface area contributed by atoms with Gasteiger partial charge in [-0.1, -0.05) is 281 Å². The predicted molar refractivity (Wildman–Crippen MR) is 298 cm³/mol. The Labute approximate surface area is 428 Å². The molecule has 0 aliphatic heterocycles. The fourth-order valence-electron chi connectivity index (χ4n) is 8.59. The van der Waals surface area contributed by atoms with Gasteiger partial charge in [0, 0.05) is 19.3 Å². The first kappa shape index (κ1) is 66.1. The zero-order valence-electron chi connectivity index (χ0n) is 45.8. The summed E-state index contributed by atoms with van der Waals surface area (Å²) in [6.07, 6.45) is 72.1. The molecule has 0 fully saturated rings. The molecule has 0 bridgehead atoms. The van der Waals surface area contributed by atoms with E-state index in [4.69, 9.17) is 14.2 Å². The molecule has 0 saturated carbocycles. The van der Waals surface area contributed by atoms with Crippen molar-refractivity contribution in [3.8, 4) is 0 Å². The highest BCUT2D eigenvalue weighted by molar-refractivity contribution is 5.71. The molecule has 6 heteroatoms. The van der Waals surface area contributed by atoms with E-state index in [-0.39, 0.29) is 31.1 Å². The maximum atomic E-state index is 12.9. The highest BCUT2D eigenvalue weighted by atomic mass is 16.6. The lowest BCUT2D eigenvalue weighted by molar-refractivity contribution is -0.167. The number of ether oxygens (including phenoxy) is 3. The average Bonchev–Trinajstić information content (AvgIpc) is 3.35. The Bertz CT molecular complexity index is 1250. The molecule has 1 unspecified atom stereocenters. The van der Waals surface area contributed by atoms with Crippen LogP contribution in [-0.4, -0.2) is 37.2 Å². The number of carbonyl (C=O) groups excluding carboxylic acids is 3. The van der Waals surface area contributed by atoms with E-state index in [1.807, 2.05) is 0 Å². The summed E-state index contributed by atoms with van der Waals surface area (Å²) >= 11 is 0. The van der Waals surface area contributed by atoms with Gasteiger partial charge in [0.15, 0.2) is 6.10 Å². The summed E-state index contributed by atoms with van der Waals surface area (Å²) in [7, 11) is 0. The molecule has 400 valence electrons. The Morgan fingerprint density at radius 2 is 0.565 bits per heavy atom. The maximum absolute atomic E-state index is 12.9. The molecule has 0 aromatic rings. The Kier molecular flexibility index (Phi) is 55.3. The smallest absolute Gasteiger partial charge is 0.306 e. The van der Waals surface area contributed by atoms with Gasteiger partial charge in [-0.05, 0) is 64.2 Å². The van der Waals surface area contributed by atoms with Crippen molar-refractivity contribution < 1.29 is 28.6 Å². The highest BCUT2D eigenvalue weighted by Gasteiger charge is 2.19. The average molecular weight is 966 g/mol. The molecule has 0 amide bonds. The van der Waals surface area contributed by atoms with Crippen LogP contribution in [0.25, 0.3) is 0 Å². The molecule has 0 aliphatic rings. The Balaban J connectivity index is 4.30. The van der Waals surface area contributed by atoms with Crippen molar-refractivity contribution in [3.05, 3.63) is 60.8 Å². The summed E-state index contributed by atoms with van der Waals surface area (Å²) in [6.45, 7) is 6.55. The zero-order chi connectivity index (χ0) is 50.0. The van der Waals surface area contributed by atoms with Crippen LogP contribution in [0.15, 0.2) is 60.8 Å². The van der Waals surface area contributed by atoms with Crippen LogP contribution >= 0.6 is 0 Å². The first-order chi connectivity index (χ1) is 34.0. The van der Waals surface area contributed by atoms with Gasteiger partial charge in [0.05, 0.1) is 0 Å². The molecular weight excluding hydrogens is 853 g/mol. The number of carbonyl (C=O) groups is 3. The van der Waals surface area contributed by atoms with Crippen LogP contribution in [-0.2, 0) is 28.6 Å². The topological polar surface area (TPSA) is 78.9 Å². The van der Waals surface area contributed by atoms with Gasteiger partial charge in [-0.15, -0.1) is 0 Å². The van der Waals surface area contributed by atoms with Crippen LogP contribution in [0.3, 0.4) is 0 Å². The fourth-order valence-corrected chi connectivity index (χ4v) is 8.59. The quantitative estimate of drug-likeness (QED) is 0.0262. The minimum atomic E-state index is -0.775. The zero-order valence-corrected chi connectivity index (χ0v) is 45.8. The molecule has 0 spiro atoms. The lowest BCUT2D eigenvalue weighted by atomic mass is 10.0. The van der Waals surface area contributed by atoms with Gasteiger partial charge in [0.1, 0.15) is 13.2 Å². The molecule has 1 atom stereocenters. The van der Waals surface area contributed by atoms with Gasteiger partial charge >= 0.3 is 17.9 Å². The molecule has 69 heavy (non-hydrogen) atoms. The van der Waals surface area contributed by atoms with Crippen molar-refractivity contribution in [2.75, 3.05) is 13.2 Å². The van der Waals surface area contributed by atoms with Crippen LogP contribution in [0.2, 0.25) is 0 Å². The molecule has 0 rings (SSSR count). The SMILES string of the molecule is CC/C=C\C/C=C\C/C=C\C/C=C\C/C=C\CCCCCCCCCC(=O)OCC(COC(=O)CCCCCCCCCCCCC)OC(=O)CCCCCCCCCCCCCCCCCCC. The summed E-state index contributed by atoms with van der Waals surface area (Å²) in [5.74, 6) is -0.870. The summed E-state index contributed by atoms with van der Waals surface area (Å²) in [5, 5.41) is 0. The molecule has 0 aromatic heterocycles. The first-order valence-corrected chi connectivity index (χ1v) is 29.8. The second-order valence-electron chi connectivity index (χ2n) is 19.9. The van der Waals surface area contributed by atoms with Crippen molar-refractivity contribution in [2.24, 2.45) is 0 Å². The van der Waals surface area contributed by atoms with E-state index in [2.05, 4.69) is 81.5 Å². The Hall–Kier alpha value is -2.89. The Morgan fingerprint density at radius 3 is 0.884 bits per heavy atom. The van der Waals surface area contributed by atoms with Crippen molar-refractivity contribution in [2.45, 2.75) is 309 Å². The van der Waals surface area contributed by atoms with Gasteiger partial charge < -0.3 is 14.2 Å². The molecule has 0 saturated heterocycles. The number of hydrogen-bond acceptors (Lipinski definition) is 6. The second-order valence-corrected chi connectivity index (χ2v) is 19.9. The molecule has 0 heterocycles. The van der Waals surface area contributed by atoms with Crippen molar-refractivity contribution >= 4 is 17.9 Å². The number of allylic oxidation sites excluding steroid dienone is 10. The van der Waals surface area contributed by atoms with Gasteiger partial charge in [-0.3, -0.25) is 14.4 Å². The monoisotopic (exact) mass is 965 g/mol. The lowest BCUT2D eigenvalue weighted by Crippen LogP contribution is -2.30. The molecule has 0 N–H and O–H groups in total. The highest BCUT2D eigenvalue weighted by Crippen LogP contribution is 2.17. The Morgan fingerprint density at radius 1 is 0.304 bits per heavy atom. The van der Waals surface area contributed by atoms with Crippen molar-refractivity contribution in [3.63, 3.8) is 0 Å². The summed E-state index contributed by atoms with van der Waals surface area (Å²) in [5.41, 5.74) is 0. The van der Waals surface area contributed by atoms with E-state index >= 15 is 0 Å². The summed E-state index contributed by atoms with van der Waals surface area (Å²) in [4.78, 5) is 38.2. The van der Waals surface area contributed by atoms with Crippen LogP contribution in [0.1, 0.15) is 303 Å². The predicted octanol–water partition coefficient (Wildman–Crippen LogP) is 20.0. The summed E-state index contributed by atoms with van der Waals surface area (Å²) in [6, 6.07) is 0. The molecule has 0 aromatic carbocycles. The molecule has 6 nitrogen and oxygen atoms in total. The molecule has 0 radical (unpaired) electrons. The van der Waals surface area contributed by atoms with Gasteiger partial charge in [0.2, 0.25) is 0 Å². The van der Waals surface area contributed by atoms with Gasteiger partial charge in [-0.25, -0.2) is 0 Å². The van der Waals surface area contributed by atoms with Crippen LogP contribution in [0.4, 0.5) is 0 Å². The molecule has 0 aliphatic carbocycles. The molecular formula is C63H112O6. The third-order valence-corrected chi connectivity index (χ3v) is 13.0.